The summed E-state index contributed by atoms with van der Waals surface area (Å²) in [5.41, 5.74) is 6.10. The van der Waals surface area contributed by atoms with Gasteiger partial charge in [0.2, 0.25) is 0 Å². The third-order valence-electron chi connectivity index (χ3n) is 0.847. The Bertz CT molecular complexity index is 156. The van der Waals surface area contributed by atoms with E-state index >= 15 is 0 Å². The summed E-state index contributed by atoms with van der Waals surface area (Å²) in [6.45, 7) is 5.45. The zero-order chi connectivity index (χ0) is 7.28. The molecule has 0 aromatic heterocycles. The SMILES string of the molecule is C=C/C(C)=C\C(Cl)=C/N. The summed E-state index contributed by atoms with van der Waals surface area (Å²) in [6, 6.07) is 0. The Morgan fingerprint density at radius 2 is 2.22 bits per heavy atom. The Hall–Kier alpha value is -0.690. The molecule has 0 aliphatic heterocycles. The summed E-state index contributed by atoms with van der Waals surface area (Å²) in [7, 11) is 0. The molecule has 9 heavy (non-hydrogen) atoms. The predicted octanol–water partition coefficient (Wildman–Crippen LogP) is 2.16. The highest BCUT2D eigenvalue weighted by molar-refractivity contribution is 6.31. The van der Waals surface area contributed by atoms with Crippen LogP contribution in [-0.4, -0.2) is 0 Å². The van der Waals surface area contributed by atoms with E-state index in [1.807, 2.05) is 6.92 Å². The van der Waals surface area contributed by atoms with Crippen molar-refractivity contribution in [2.75, 3.05) is 0 Å². The van der Waals surface area contributed by atoms with Crippen LogP contribution in [0.25, 0.3) is 0 Å². The summed E-state index contributed by atoms with van der Waals surface area (Å²) in [6.07, 6.45) is 4.80. The number of hydrogen-bond donors (Lipinski definition) is 1. The molecular formula is C7H10ClN. The predicted molar refractivity (Wildman–Crippen MR) is 42.1 cm³/mol. The van der Waals surface area contributed by atoms with E-state index < -0.39 is 0 Å². The molecule has 0 bridgehead atoms. The van der Waals surface area contributed by atoms with E-state index in [9.17, 15) is 0 Å². The average Bonchev–Trinajstić information content (AvgIpc) is 1.87. The van der Waals surface area contributed by atoms with Gasteiger partial charge in [-0.2, -0.15) is 0 Å². The standard InChI is InChI=1S/C7H10ClN/c1-3-6(2)4-7(8)5-9/h3-5H,1,9H2,2H3/b6-4-,7-5+. The van der Waals surface area contributed by atoms with E-state index in [4.69, 9.17) is 17.3 Å². The summed E-state index contributed by atoms with van der Waals surface area (Å²) in [5, 5.41) is 0.535. The summed E-state index contributed by atoms with van der Waals surface area (Å²) in [4.78, 5) is 0. The summed E-state index contributed by atoms with van der Waals surface area (Å²) >= 11 is 5.55. The topological polar surface area (TPSA) is 26.0 Å². The number of halogens is 1. The van der Waals surface area contributed by atoms with E-state index in [1.54, 1.807) is 12.2 Å². The monoisotopic (exact) mass is 143 g/mol. The van der Waals surface area contributed by atoms with Crippen LogP contribution in [0.3, 0.4) is 0 Å². The molecule has 0 saturated carbocycles. The van der Waals surface area contributed by atoms with Crippen molar-refractivity contribution in [3.63, 3.8) is 0 Å². The minimum Gasteiger partial charge on any atom is -0.403 e. The smallest absolute Gasteiger partial charge is 0.0563 e. The molecule has 2 N–H and O–H groups in total. The minimum absolute atomic E-state index is 0.535. The molecule has 1 nitrogen and oxygen atoms in total. The maximum absolute atomic E-state index is 5.55. The molecule has 0 amide bonds. The molecule has 0 aliphatic carbocycles. The lowest BCUT2D eigenvalue weighted by atomic mass is 10.3. The molecular weight excluding hydrogens is 134 g/mol. The van der Waals surface area contributed by atoms with Crippen molar-refractivity contribution in [2.45, 2.75) is 6.92 Å². The molecule has 0 saturated heterocycles. The first-order valence-electron chi connectivity index (χ1n) is 2.59. The maximum Gasteiger partial charge on any atom is 0.0563 e. The lowest BCUT2D eigenvalue weighted by Gasteiger charge is -1.88. The van der Waals surface area contributed by atoms with E-state index in [0.29, 0.717) is 5.03 Å². The first-order valence-corrected chi connectivity index (χ1v) is 2.96. The van der Waals surface area contributed by atoms with Gasteiger partial charge in [-0.1, -0.05) is 29.8 Å². The third-order valence-corrected chi connectivity index (χ3v) is 1.08. The molecule has 0 aromatic carbocycles. The molecule has 0 aliphatic rings. The molecule has 0 unspecified atom stereocenters. The van der Waals surface area contributed by atoms with Gasteiger partial charge in [0, 0.05) is 6.20 Å². The highest BCUT2D eigenvalue weighted by atomic mass is 35.5. The van der Waals surface area contributed by atoms with Crippen LogP contribution in [0, 0.1) is 0 Å². The van der Waals surface area contributed by atoms with Gasteiger partial charge in [-0.25, -0.2) is 0 Å². The van der Waals surface area contributed by atoms with E-state index in [0.717, 1.165) is 5.57 Å². The van der Waals surface area contributed by atoms with Crippen LogP contribution in [0.5, 0.6) is 0 Å². The third kappa shape index (κ3) is 3.86. The Morgan fingerprint density at radius 3 is 2.56 bits per heavy atom. The Balaban J connectivity index is 4.11. The van der Waals surface area contributed by atoms with E-state index in [1.165, 1.54) is 6.20 Å². The zero-order valence-electron chi connectivity index (χ0n) is 5.39. The van der Waals surface area contributed by atoms with Gasteiger partial charge < -0.3 is 5.73 Å². The largest absolute Gasteiger partial charge is 0.403 e. The van der Waals surface area contributed by atoms with Crippen molar-refractivity contribution >= 4 is 11.6 Å². The quantitative estimate of drug-likeness (QED) is 0.589. The van der Waals surface area contributed by atoms with Gasteiger partial charge in [-0.05, 0) is 13.0 Å². The van der Waals surface area contributed by atoms with Gasteiger partial charge in [-0.3, -0.25) is 0 Å². The molecule has 0 heterocycles. The van der Waals surface area contributed by atoms with Crippen LogP contribution in [0.1, 0.15) is 6.92 Å². The van der Waals surface area contributed by atoms with Crippen molar-refractivity contribution in [1.29, 1.82) is 0 Å². The molecule has 0 radical (unpaired) electrons. The summed E-state index contributed by atoms with van der Waals surface area (Å²) in [5.74, 6) is 0. The number of nitrogens with two attached hydrogens (primary N) is 1. The van der Waals surface area contributed by atoms with Crippen molar-refractivity contribution < 1.29 is 0 Å². The summed E-state index contributed by atoms with van der Waals surface area (Å²) < 4.78 is 0. The van der Waals surface area contributed by atoms with Crippen molar-refractivity contribution in [3.8, 4) is 0 Å². The Labute approximate surface area is 60.5 Å². The van der Waals surface area contributed by atoms with Crippen molar-refractivity contribution in [1.82, 2.24) is 0 Å². The maximum atomic E-state index is 5.55. The van der Waals surface area contributed by atoms with Crippen LogP contribution in [0.4, 0.5) is 0 Å². The molecule has 0 fully saturated rings. The molecule has 50 valence electrons. The highest BCUT2D eigenvalue weighted by Crippen LogP contribution is 2.05. The Kier molecular flexibility index (Phi) is 3.89. The van der Waals surface area contributed by atoms with Crippen LogP contribution in [0.15, 0.2) is 35.5 Å². The minimum atomic E-state index is 0.535. The zero-order valence-corrected chi connectivity index (χ0v) is 6.15. The van der Waals surface area contributed by atoms with Crippen molar-refractivity contribution in [3.05, 3.63) is 35.5 Å². The lowest BCUT2D eigenvalue weighted by Crippen LogP contribution is -1.78. The second-order valence-corrected chi connectivity index (χ2v) is 2.08. The molecule has 0 spiro atoms. The van der Waals surface area contributed by atoms with E-state index in [2.05, 4.69) is 6.58 Å². The number of hydrogen-bond acceptors (Lipinski definition) is 1. The fraction of sp³-hybridized carbons (Fsp3) is 0.143. The second kappa shape index (κ2) is 4.21. The first kappa shape index (κ1) is 8.31. The molecule has 0 rings (SSSR count). The van der Waals surface area contributed by atoms with Gasteiger partial charge in [-0.15, -0.1) is 0 Å². The fourth-order valence-corrected chi connectivity index (χ4v) is 0.497. The van der Waals surface area contributed by atoms with E-state index in [-0.39, 0.29) is 0 Å². The van der Waals surface area contributed by atoms with Gasteiger partial charge in [0.1, 0.15) is 0 Å². The number of allylic oxidation sites excluding steroid dienone is 4. The van der Waals surface area contributed by atoms with Crippen LogP contribution in [0.2, 0.25) is 0 Å². The van der Waals surface area contributed by atoms with Crippen LogP contribution < -0.4 is 5.73 Å². The van der Waals surface area contributed by atoms with Gasteiger partial charge >= 0.3 is 0 Å². The Morgan fingerprint density at radius 1 is 1.67 bits per heavy atom. The van der Waals surface area contributed by atoms with Crippen LogP contribution in [-0.2, 0) is 0 Å². The van der Waals surface area contributed by atoms with Gasteiger partial charge in [0.05, 0.1) is 5.03 Å². The average molecular weight is 144 g/mol. The van der Waals surface area contributed by atoms with Gasteiger partial charge in [0.25, 0.3) is 0 Å². The van der Waals surface area contributed by atoms with Crippen molar-refractivity contribution in [2.24, 2.45) is 5.73 Å². The van der Waals surface area contributed by atoms with Crippen LogP contribution >= 0.6 is 11.6 Å². The molecule has 0 atom stereocenters. The number of rotatable bonds is 2. The molecule has 2 heteroatoms. The second-order valence-electron chi connectivity index (χ2n) is 1.64. The fourth-order valence-electron chi connectivity index (χ4n) is 0.325. The van der Waals surface area contributed by atoms with Gasteiger partial charge in [0.15, 0.2) is 0 Å². The highest BCUT2D eigenvalue weighted by Gasteiger charge is 1.82. The first-order chi connectivity index (χ1) is 4.20. The lowest BCUT2D eigenvalue weighted by molar-refractivity contribution is 1.50. The molecule has 0 aromatic rings. The normalized spacial score (nSPS) is 13.6.